The zero-order valence-corrected chi connectivity index (χ0v) is 27.5. The lowest BCUT2D eigenvalue weighted by Gasteiger charge is -2.34. The van der Waals surface area contributed by atoms with E-state index in [1.807, 2.05) is 32.9 Å². The van der Waals surface area contributed by atoms with Gasteiger partial charge >= 0.3 is 0 Å². The number of hydrogen-bond donors (Lipinski definition) is 1. The van der Waals surface area contributed by atoms with Gasteiger partial charge in [-0.05, 0) is 80.6 Å². The van der Waals surface area contributed by atoms with Crippen LogP contribution in [0.25, 0.3) is 0 Å². The summed E-state index contributed by atoms with van der Waals surface area (Å²) in [6.07, 6.45) is 5.44. The fourth-order valence-electron chi connectivity index (χ4n) is 5.49. The van der Waals surface area contributed by atoms with E-state index in [1.54, 1.807) is 49.6 Å². The second-order valence-electron chi connectivity index (χ2n) is 11.4. The standard InChI is InChI=1S/C34H42ClN3O5S/c1-5-32(34(40)36-27-9-7-6-8-10-27)37(22-26-14-17-29(43-4)18-15-26)33(39)23-38(28-16-13-25(3)31(35)21-28)44(41,42)30-19-11-24(2)12-20-30/h11-21,27,32H,5-10,22-23H2,1-4H3,(H,36,40). The number of halogens is 1. The lowest BCUT2D eigenvalue weighted by atomic mass is 9.95. The maximum Gasteiger partial charge on any atom is 0.264 e. The first-order valence-electron chi connectivity index (χ1n) is 15.1. The molecule has 10 heteroatoms. The number of carbonyl (C=O) groups excluding carboxylic acids is 2. The minimum Gasteiger partial charge on any atom is -0.497 e. The number of amides is 2. The van der Waals surface area contributed by atoms with Gasteiger partial charge in [-0.25, -0.2) is 8.42 Å². The number of sulfonamides is 1. The van der Waals surface area contributed by atoms with E-state index in [1.165, 1.54) is 17.0 Å². The highest BCUT2D eigenvalue weighted by Gasteiger charge is 2.34. The van der Waals surface area contributed by atoms with Gasteiger partial charge in [0.15, 0.2) is 0 Å². The van der Waals surface area contributed by atoms with Gasteiger partial charge in [0.25, 0.3) is 10.0 Å². The quantitative estimate of drug-likeness (QED) is 0.247. The highest BCUT2D eigenvalue weighted by Crippen LogP contribution is 2.29. The first-order chi connectivity index (χ1) is 21.0. The Labute approximate surface area is 266 Å². The molecule has 1 aliphatic carbocycles. The van der Waals surface area contributed by atoms with Gasteiger partial charge in [-0.2, -0.15) is 0 Å². The van der Waals surface area contributed by atoms with Gasteiger partial charge in [-0.1, -0.05) is 73.7 Å². The number of methoxy groups -OCH3 is 1. The Balaban J connectivity index is 1.72. The molecule has 2 amide bonds. The predicted molar refractivity (Wildman–Crippen MR) is 175 cm³/mol. The van der Waals surface area contributed by atoms with Crippen LogP contribution >= 0.6 is 11.6 Å². The van der Waals surface area contributed by atoms with Crippen molar-refractivity contribution in [3.8, 4) is 5.75 Å². The van der Waals surface area contributed by atoms with E-state index in [0.717, 1.165) is 53.1 Å². The molecule has 236 valence electrons. The van der Waals surface area contributed by atoms with Gasteiger partial charge in [-0.15, -0.1) is 0 Å². The molecule has 0 bridgehead atoms. The Morgan fingerprint density at radius 2 is 1.64 bits per heavy atom. The number of nitrogens with zero attached hydrogens (tertiary/aromatic N) is 2. The van der Waals surface area contributed by atoms with Crippen molar-refractivity contribution in [2.24, 2.45) is 0 Å². The number of benzene rings is 3. The molecular formula is C34H42ClN3O5S. The number of carbonyl (C=O) groups is 2. The highest BCUT2D eigenvalue weighted by atomic mass is 35.5. The minimum absolute atomic E-state index is 0.0522. The predicted octanol–water partition coefficient (Wildman–Crippen LogP) is 6.42. The number of nitrogens with one attached hydrogen (secondary N) is 1. The third-order valence-electron chi connectivity index (χ3n) is 8.18. The summed E-state index contributed by atoms with van der Waals surface area (Å²) >= 11 is 6.43. The largest absolute Gasteiger partial charge is 0.497 e. The monoisotopic (exact) mass is 639 g/mol. The summed E-state index contributed by atoms with van der Waals surface area (Å²) in [7, 11) is -2.60. The minimum atomic E-state index is -4.18. The van der Waals surface area contributed by atoms with E-state index in [2.05, 4.69) is 5.32 Å². The molecule has 1 fully saturated rings. The molecule has 0 radical (unpaired) electrons. The van der Waals surface area contributed by atoms with E-state index < -0.39 is 28.5 Å². The van der Waals surface area contributed by atoms with Crippen molar-refractivity contribution in [2.75, 3.05) is 18.0 Å². The third-order valence-corrected chi connectivity index (χ3v) is 10.4. The smallest absolute Gasteiger partial charge is 0.264 e. The van der Waals surface area contributed by atoms with Crippen LogP contribution in [0.1, 0.15) is 62.1 Å². The van der Waals surface area contributed by atoms with Crippen LogP contribution in [0.4, 0.5) is 5.69 Å². The number of rotatable bonds is 12. The molecule has 0 aliphatic heterocycles. The number of ether oxygens (including phenoxy) is 1. The second kappa shape index (κ2) is 14.9. The van der Waals surface area contributed by atoms with Crippen LogP contribution in [0.15, 0.2) is 71.6 Å². The molecule has 3 aromatic carbocycles. The zero-order chi connectivity index (χ0) is 31.9. The molecule has 8 nitrogen and oxygen atoms in total. The summed E-state index contributed by atoms with van der Waals surface area (Å²) in [5, 5.41) is 3.55. The van der Waals surface area contributed by atoms with Crippen molar-refractivity contribution in [3.63, 3.8) is 0 Å². The van der Waals surface area contributed by atoms with Gasteiger partial charge in [0.05, 0.1) is 17.7 Å². The summed E-state index contributed by atoms with van der Waals surface area (Å²) < 4.78 is 34.5. The Morgan fingerprint density at radius 1 is 0.977 bits per heavy atom. The molecule has 0 spiro atoms. The second-order valence-corrected chi connectivity index (χ2v) is 13.7. The maximum absolute atomic E-state index is 14.3. The molecule has 1 aliphatic rings. The summed E-state index contributed by atoms with van der Waals surface area (Å²) in [6.45, 7) is 5.16. The molecule has 1 saturated carbocycles. The Hall–Kier alpha value is -3.56. The average molecular weight is 640 g/mol. The van der Waals surface area contributed by atoms with Crippen molar-refractivity contribution in [3.05, 3.63) is 88.4 Å². The van der Waals surface area contributed by atoms with Crippen LogP contribution in [-0.2, 0) is 26.2 Å². The number of anilines is 1. The van der Waals surface area contributed by atoms with Gasteiger partial charge in [-0.3, -0.25) is 13.9 Å². The molecule has 1 unspecified atom stereocenters. The Kier molecular flexibility index (Phi) is 11.3. The van der Waals surface area contributed by atoms with Crippen molar-refractivity contribution in [1.29, 1.82) is 0 Å². The summed E-state index contributed by atoms with van der Waals surface area (Å²) in [4.78, 5) is 29.6. The number of hydrogen-bond acceptors (Lipinski definition) is 5. The van der Waals surface area contributed by atoms with Crippen molar-refractivity contribution < 1.29 is 22.7 Å². The van der Waals surface area contributed by atoms with Crippen molar-refractivity contribution in [1.82, 2.24) is 10.2 Å². The molecule has 0 aromatic heterocycles. The topological polar surface area (TPSA) is 96.0 Å². The van der Waals surface area contributed by atoms with Crippen LogP contribution in [0.3, 0.4) is 0 Å². The molecule has 0 heterocycles. The first-order valence-corrected chi connectivity index (χ1v) is 16.9. The van der Waals surface area contributed by atoms with Gasteiger partial charge in [0.1, 0.15) is 18.3 Å². The summed E-state index contributed by atoms with van der Waals surface area (Å²) in [5.74, 6) is -0.0632. The third kappa shape index (κ3) is 8.12. The number of aryl methyl sites for hydroxylation is 2. The first kappa shape index (κ1) is 33.3. The Morgan fingerprint density at radius 3 is 2.23 bits per heavy atom. The molecule has 1 atom stereocenters. The average Bonchev–Trinajstić information content (AvgIpc) is 3.02. The molecule has 44 heavy (non-hydrogen) atoms. The fourth-order valence-corrected chi connectivity index (χ4v) is 7.08. The van der Waals surface area contributed by atoms with Gasteiger partial charge < -0.3 is 15.0 Å². The van der Waals surface area contributed by atoms with E-state index in [4.69, 9.17) is 16.3 Å². The van der Waals surface area contributed by atoms with Crippen LogP contribution < -0.4 is 14.4 Å². The van der Waals surface area contributed by atoms with E-state index in [9.17, 15) is 18.0 Å². The molecule has 3 aromatic rings. The fraction of sp³-hybridized carbons (Fsp3) is 0.412. The van der Waals surface area contributed by atoms with Crippen molar-refractivity contribution in [2.45, 2.75) is 82.8 Å². The van der Waals surface area contributed by atoms with E-state index >= 15 is 0 Å². The van der Waals surface area contributed by atoms with Crippen molar-refractivity contribution >= 4 is 39.1 Å². The molecule has 4 rings (SSSR count). The van der Waals surface area contributed by atoms with E-state index in [-0.39, 0.29) is 29.1 Å². The highest BCUT2D eigenvalue weighted by molar-refractivity contribution is 7.92. The molecule has 1 N–H and O–H groups in total. The molecule has 0 saturated heterocycles. The van der Waals surface area contributed by atoms with Crippen LogP contribution in [0, 0.1) is 13.8 Å². The summed E-state index contributed by atoms with van der Waals surface area (Å²) in [5.41, 5.74) is 2.74. The van der Waals surface area contributed by atoms with Crippen LogP contribution in [0.2, 0.25) is 5.02 Å². The van der Waals surface area contributed by atoms with Crippen LogP contribution in [-0.4, -0.2) is 50.9 Å². The maximum atomic E-state index is 14.3. The summed E-state index contributed by atoms with van der Waals surface area (Å²) in [6, 6.07) is 17.9. The van der Waals surface area contributed by atoms with E-state index in [0.29, 0.717) is 17.2 Å². The van der Waals surface area contributed by atoms with Gasteiger partial charge in [0.2, 0.25) is 11.8 Å². The lowest BCUT2D eigenvalue weighted by Crippen LogP contribution is -2.54. The van der Waals surface area contributed by atoms with Crippen LogP contribution in [0.5, 0.6) is 5.75 Å². The Bertz CT molecular complexity index is 1540. The lowest BCUT2D eigenvalue weighted by molar-refractivity contribution is -0.140. The normalized spacial score (nSPS) is 14.5. The SMILES string of the molecule is CCC(C(=O)NC1CCCCC1)N(Cc1ccc(OC)cc1)C(=O)CN(c1ccc(C)c(Cl)c1)S(=O)(=O)c1ccc(C)cc1. The van der Waals surface area contributed by atoms with Gasteiger partial charge in [0, 0.05) is 17.6 Å². The molecular weight excluding hydrogens is 598 g/mol. The zero-order valence-electron chi connectivity index (χ0n) is 25.9.